The maximum atomic E-state index is 10.5. The molecule has 0 bridgehead atoms. The first-order chi connectivity index (χ1) is 7.24. The van der Waals surface area contributed by atoms with Crippen LogP contribution in [0, 0.1) is 5.92 Å². The quantitative estimate of drug-likeness (QED) is 0.596. The lowest BCUT2D eigenvalue weighted by Gasteiger charge is -2.14. The topological polar surface area (TPSA) is 80.2 Å². The molecule has 2 aliphatic heterocycles. The molecule has 2 heterocycles. The van der Waals surface area contributed by atoms with Gasteiger partial charge in [-0.15, -0.1) is 0 Å². The molecule has 2 aliphatic rings. The molecule has 0 aromatic heterocycles. The highest BCUT2D eigenvalue weighted by Crippen LogP contribution is 2.29. The second-order valence-electron chi connectivity index (χ2n) is 4.33. The molecule has 0 aliphatic carbocycles. The van der Waals surface area contributed by atoms with Crippen molar-refractivity contribution in [3.8, 4) is 0 Å². The Morgan fingerprint density at radius 1 is 1.33 bits per heavy atom. The van der Waals surface area contributed by atoms with Gasteiger partial charge in [0.15, 0.2) is 0 Å². The van der Waals surface area contributed by atoms with Gasteiger partial charge in [-0.25, -0.2) is 4.79 Å². The summed E-state index contributed by atoms with van der Waals surface area (Å²) in [4.78, 5) is 10.5. The lowest BCUT2D eigenvalue weighted by atomic mass is 9.94. The molecule has 0 spiro atoms. The minimum Gasteiger partial charge on any atom is -0.373 e. The van der Waals surface area contributed by atoms with E-state index in [0.29, 0.717) is 24.7 Å². The number of carbonyl (C=O) groups is 1. The lowest BCUT2D eigenvalue weighted by molar-refractivity contribution is 0.246. The van der Waals surface area contributed by atoms with Crippen molar-refractivity contribution in [3.63, 3.8) is 0 Å². The van der Waals surface area contributed by atoms with Crippen LogP contribution in [-0.2, 0) is 9.47 Å². The number of rotatable bonds is 7. The molecule has 0 saturated carbocycles. The number of epoxide rings is 2. The van der Waals surface area contributed by atoms with Crippen LogP contribution in [0.2, 0.25) is 0 Å². The van der Waals surface area contributed by atoms with Crippen molar-refractivity contribution in [1.82, 2.24) is 5.32 Å². The normalized spacial score (nSPS) is 29.6. The van der Waals surface area contributed by atoms with Gasteiger partial charge in [-0.2, -0.15) is 0 Å². The van der Waals surface area contributed by atoms with Gasteiger partial charge in [0, 0.05) is 6.54 Å². The van der Waals surface area contributed by atoms with Gasteiger partial charge in [-0.3, -0.25) is 0 Å². The highest BCUT2D eigenvalue weighted by Gasteiger charge is 2.31. The number of primary amides is 1. The first-order valence-corrected chi connectivity index (χ1v) is 5.50. The van der Waals surface area contributed by atoms with E-state index >= 15 is 0 Å². The SMILES string of the molecule is NC(=O)NCCC(CC1CO1)CC1CO1. The van der Waals surface area contributed by atoms with Gasteiger partial charge in [-0.1, -0.05) is 0 Å². The Morgan fingerprint density at radius 3 is 2.27 bits per heavy atom. The molecule has 0 aromatic carbocycles. The van der Waals surface area contributed by atoms with Crippen molar-refractivity contribution in [3.05, 3.63) is 0 Å². The number of urea groups is 1. The summed E-state index contributed by atoms with van der Waals surface area (Å²) in [6.07, 6.45) is 4.02. The summed E-state index contributed by atoms with van der Waals surface area (Å²) in [5, 5.41) is 2.62. The van der Waals surface area contributed by atoms with Gasteiger partial charge in [-0.05, 0) is 25.2 Å². The molecular weight excluding hydrogens is 196 g/mol. The molecule has 0 aromatic rings. The third-order valence-electron chi connectivity index (χ3n) is 2.85. The van der Waals surface area contributed by atoms with Gasteiger partial charge in [0.25, 0.3) is 0 Å². The number of hydrogen-bond acceptors (Lipinski definition) is 3. The highest BCUT2D eigenvalue weighted by atomic mass is 16.6. The van der Waals surface area contributed by atoms with Gasteiger partial charge in [0.2, 0.25) is 0 Å². The van der Waals surface area contributed by atoms with E-state index in [4.69, 9.17) is 15.2 Å². The van der Waals surface area contributed by atoms with E-state index in [1.165, 1.54) is 0 Å². The van der Waals surface area contributed by atoms with Crippen molar-refractivity contribution in [1.29, 1.82) is 0 Å². The van der Waals surface area contributed by atoms with E-state index in [9.17, 15) is 4.79 Å². The average Bonchev–Trinajstić information content (AvgIpc) is 2.97. The second-order valence-corrected chi connectivity index (χ2v) is 4.33. The van der Waals surface area contributed by atoms with E-state index in [1.54, 1.807) is 0 Å². The van der Waals surface area contributed by atoms with Gasteiger partial charge in [0.05, 0.1) is 25.4 Å². The van der Waals surface area contributed by atoms with Crippen LogP contribution >= 0.6 is 0 Å². The minimum absolute atomic E-state index is 0.445. The largest absolute Gasteiger partial charge is 0.373 e. The Kier molecular flexibility index (Phi) is 3.43. The van der Waals surface area contributed by atoms with Crippen molar-refractivity contribution < 1.29 is 14.3 Å². The summed E-state index contributed by atoms with van der Waals surface area (Å²) in [6, 6.07) is -0.445. The molecule has 5 nitrogen and oxygen atoms in total. The number of amides is 2. The Morgan fingerprint density at radius 2 is 1.87 bits per heavy atom. The number of nitrogens with one attached hydrogen (secondary N) is 1. The predicted octanol–water partition coefficient (Wildman–Crippen LogP) is 0.239. The van der Waals surface area contributed by atoms with E-state index in [2.05, 4.69) is 5.32 Å². The first kappa shape index (κ1) is 10.7. The molecular formula is C10H18N2O3. The zero-order valence-corrected chi connectivity index (χ0v) is 8.78. The molecule has 2 rings (SSSR count). The molecule has 15 heavy (non-hydrogen) atoms. The van der Waals surface area contributed by atoms with Gasteiger partial charge in [0.1, 0.15) is 0 Å². The maximum absolute atomic E-state index is 10.5. The molecule has 2 amide bonds. The summed E-state index contributed by atoms with van der Waals surface area (Å²) >= 11 is 0. The summed E-state index contributed by atoms with van der Waals surface area (Å²) in [5.74, 6) is 0.580. The van der Waals surface area contributed by atoms with Crippen LogP contribution in [-0.4, -0.2) is 38.0 Å². The monoisotopic (exact) mass is 214 g/mol. The number of carbonyl (C=O) groups excluding carboxylic acids is 1. The number of hydrogen-bond donors (Lipinski definition) is 2. The Hall–Kier alpha value is -0.810. The molecule has 0 radical (unpaired) electrons. The summed E-state index contributed by atoms with van der Waals surface area (Å²) in [6.45, 7) is 2.44. The van der Waals surface area contributed by atoms with Gasteiger partial charge >= 0.3 is 6.03 Å². The highest BCUT2D eigenvalue weighted by molar-refractivity contribution is 5.71. The predicted molar refractivity (Wildman–Crippen MR) is 54.4 cm³/mol. The van der Waals surface area contributed by atoms with Crippen LogP contribution in [0.25, 0.3) is 0 Å². The third kappa shape index (κ3) is 4.48. The van der Waals surface area contributed by atoms with Crippen molar-refractivity contribution in [2.75, 3.05) is 19.8 Å². The standard InChI is InChI=1S/C10H18N2O3/c11-10(13)12-2-1-7(3-8-5-14-8)4-9-6-15-9/h7-9H,1-6H2,(H3,11,12,13). The minimum atomic E-state index is -0.445. The molecule has 2 saturated heterocycles. The van der Waals surface area contributed by atoms with E-state index < -0.39 is 6.03 Å². The zero-order chi connectivity index (χ0) is 10.7. The van der Waals surface area contributed by atoms with Crippen LogP contribution < -0.4 is 11.1 Å². The first-order valence-electron chi connectivity index (χ1n) is 5.50. The fraction of sp³-hybridized carbons (Fsp3) is 0.900. The van der Waals surface area contributed by atoms with Crippen LogP contribution in [0.5, 0.6) is 0 Å². The maximum Gasteiger partial charge on any atom is 0.312 e. The fourth-order valence-electron chi connectivity index (χ4n) is 1.88. The van der Waals surface area contributed by atoms with Crippen molar-refractivity contribution in [2.24, 2.45) is 11.7 Å². The Bertz CT molecular complexity index is 213. The third-order valence-corrected chi connectivity index (χ3v) is 2.85. The Labute approximate surface area is 89.3 Å². The molecule has 3 N–H and O–H groups in total. The number of nitrogens with two attached hydrogens (primary N) is 1. The summed E-state index contributed by atoms with van der Waals surface area (Å²) in [5.41, 5.74) is 5.01. The molecule has 5 heteroatoms. The van der Waals surface area contributed by atoms with Gasteiger partial charge < -0.3 is 20.5 Å². The smallest absolute Gasteiger partial charge is 0.312 e. The molecule has 2 atom stereocenters. The van der Waals surface area contributed by atoms with E-state index in [0.717, 1.165) is 32.5 Å². The molecule has 2 unspecified atom stereocenters. The van der Waals surface area contributed by atoms with E-state index in [-0.39, 0.29) is 0 Å². The van der Waals surface area contributed by atoms with Crippen LogP contribution in [0.4, 0.5) is 4.79 Å². The Balaban J connectivity index is 1.63. The number of ether oxygens (including phenoxy) is 2. The summed E-state index contributed by atoms with van der Waals surface area (Å²) in [7, 11) is 0. The lowest BCUT2D eigenvalue weighted by Crippen LogP contribution is -2.31. The van der Waals surface area contributed by atoms with Crippen LogP contribution in [0.1, 0.15) is 19.3 Å². The average molecular weight is 214 g/mol. The fourth-order valence-corrected chi connectivity index (χ4v) is 1.88. The van der Waals surface area contributed by atoms with Crippen molar-refractivity contribution >= 4 is 6.03 Å². The molecule has 86 valence electrons. The second kappa shape index (κ2) is 4.81. The molecule has 2 fully saturated rings. The van der Waals surface area contributed by atoms with E-state index in [1.807, 2.05) is 0 Å². The van der Waals surface area contributed by atoms with Crippen LogP contribution in [0.15, 0.2) is 0 Å². The van der Waals surface area contributed by atoms with Crippen molar-refractivity contribution in [2.45, 2.75) is 31.5 Å². The van der Waals surface area contributed by atoms with Crippen LogP contribution in [0.3, 0.4) is 0 Å². The summed E-state index contributed by atoms with van der Waals surface area (Å²) < 4.78 is 10.4. The zero-order valence-electron chi connectivity index (χ0n) is 8.78.